The smallest absolute Gasteiger partial charge is 0.292 e. The van der Waals surface area contributed by atoms with E-state index in [0.717, 1.165) is 10.0 Å². The third-order valence-corrected chi connectivity index (χ3v) is 2.39. The summed E-state index contributed by atoms with van der Waals surface area (Å²) in [4.78, 5) is 4.36. The van der Waals surface area contributed by atoms with Crippen LogP contribution >= 0.6 is 15.9 Å². The summed E-state index contributed by atoms with van der Waals surface area (Å²) in [6, 6.07) is 6.95. The van der Waals surface area contributed by atoms with E-state index < -0.39 is 12.8 Å². The molecule has 0 heterocycles. The molecule has 1 rings (SSSR count). The Hall–Kier alpha value is -0.590. The van der Waals surface area contributed by atoms with Gasteiger partial charge >= 0.3 is 6.18 Å². The van der Waals surface area contributed by atoms with Crippen molar-refractivity contribution in [2.75, 3.05) is 6.61 Å². The van der Waals surface area contributed by atoms with Gasteiger partial charge in [0.2, 0.25) is 0 Å². The molecule has 1 unspecified atom stereocenters. The summed E-state index contributed by atoms with van der Waals surface area (Å²) < 4.78 is 36.3. The van der Waals surface area contributed by atoms with E-state index in [-0.39, 0.29) is 6.04 Å². The van der Waals surface area contributed by atoms with Gasteiger partial charge in [-0.15, -0.1) is 0 Å². The van der Waals surface area contributed by atoms with Crippen LogP contribution in [0, 0.1) is 0 Å². The average Bonchev–Trinajstić information content (AvgIpc) is 2.16. The van der Waals surface area contributed by atoms with Gasteiger partial charge in [0.15, 0.2) is 6.61 Å². The zero-order chi connectivity index (χ0) is 12.2. The summed E-state index contributed by atoms with van der Waals surface area (Å²) in [5, 5.41) is 0. The van der Waals surface area contributed by atoms with Gasteiger partial charge in [0.1, 0.15) is 0 Å². The maximum Gasteiger partial charge on any atom is 0.413 e. The number of alkyl halides is 3. The lowest BCUT2D eigenvalue weighted by atomic mass is 10.1. The fourth-order valence-electron chi connectivity index (χ4n) is 1.07. The third kappa shape index (κ3) is 4.96. The first-order valence-electron chi connectivity index (χ1n) is 4.58. The molecule has 1 atom stereocenters. The lowest BCUT2D eigenvalue weighted by Gasteiger charge is -2.15. The van der Waals surface area contributed by atoms with Crippen LogP contribution in [0.2, 0.25) is 0 Å². The normalized spacial score (nSPS) is 13.8. The van der Waals surface area contributed by atoms with Crippen LogP contribution in [0.5, 0.6) is 0 Å². The molecule has 0 radical (unpaired) electrons. The number of hydrogen-bond acceptors (Lipinski definition) is 2. The van der Waals surface area contributed by atoms with Crippen LogP contribution in [0.1, 0.15) is 18.5 Å². The van der Waals surface area contributed by atoms with Crippen LogP contribution in [0.15, 0.2) is 28.7 Å². The lowest BCUT2D eigenvalue weighted by molar-refractivity contribution is -0.192. The molecule has 0 fully saturated rings. The molecule has 1 aromatic carbocycles. The molecule has 1 aromatic rings. The molecule has 2 nitrogen and oxygen atoms in total. The molecular formula is C10H11BrF3NO. The van der Waals surface area contributed by atoms with Gasteiger partial charge in [-0.1, -0.05) is 28.1 Å². The standard InChI is InChI=1S/C10H11BrF3NO/c1-7(15-16-6-10(12,13)14)8-2-4-9(11)5-3-8/h2-5,7,15H,6H2,1H3. The molecule has 0 saturated carbocycles. The number of nitrogens with one attached hydrogen (secondary N) is 1. The van der Waals surface area contributed by atoms with Crippen LogP contribution in [0.4, 0.5) is 13.2 Å². The summed E-state index contributed by atoms with van der Waals surface area (Å²) in [6.07, 6.45) is -4.31. The number of hydroxylamine groups is 1. The van der Waals surface area contributed by atoms with Crippen molar-refractivity contribution in [2.24, 2.45) is 0 Å². The average molecular weight is 298 g/mol. The molecule has 0 amide bonds. The van der Waals surface area contributed by atoms with Gasteiger partial charge < -0.3 is 0 Å². The van der Waals surface area contributed by atoms with Gasteiger partial charge in [0.05, 0.1) is 6.04 Å². The third-order valence-electron chi connectivity index (χ3n) is 1.87. The van der Waals surface area contributed by atoms with Crippen molar-refractivity contribution in [1.82, 2.24) is 5.48 Å². The highest BCUT2D eigenvalue weighted by atomic mass is 79.9. The summed E-state index contributed by atoms with van der Waals surface area (Å²) in [5.41, 5.74) is 3.19. The molecule has 1 N–H and O–H groups in total. The van der Waals surface area contributed by atoms with Crippen molar-refractivity contribution >= 4 is 15.9 Å². The first kappa shape index (κ1) is 13.5. The topological polar surface area (TPSA) is 21.3 Å². The van der Waals surface area contributed by atoms with Crippen molar-refractivity contribution < 1.29 is 18.0 Å². The fourth-order valence-corrected chi connectivity index (χ4v) is 1.33. The molecule has 90 valence electrons. The van der Waals surface area contributed by atoms with E-state index in [4.69, 9.17) is 0 Å². The second-order valence-corrected chi connectivity index (χ2v) is 4.21. The molecule has 0 aromatic heterocycles. The molecule has 16 heavy (non-hydrogen) atoms. The Morgan fingerprint density at radius 3 is 2.38 bits per heavy atom. The number of benzene rings is 1. The summed E-state index contributed by atoms with van der Waals surface area (Å²) in [5.74, 6) is 0. The van der Waals surface area contributed by atoms with E-state index in [9.17, 15) is 13.2 Å². The van der Waals surface area contributed by atoms with E-state index in [1.165, 1.54) is 0 Å². The Kier molecular flexibility index (Phi) is 4.76. The molecule has 0 spiro atoms. The molecule has 0 saturated heterocycles. The zero-order valence-corrected chi connectivity index (χ0v) is 10.1. The van der Waals surface area contributed by atoms with E-state index in [0.29, 0.717) is 0 Å². The van der Waals surface area contributed by atoms with Crippen molar-refractivity contribution in [2.45, 2.75) is 19.1 Å². The summed E-state index contributed by atoms with van der Waals surface area (Å²) >= 11 is 3.27. The second-order valence-electron chi connectivity index (χ2n) is 3.29. The van der Waals surface area contributed by atoms with Crippen molar-refractivity contribution in [3.05, 3.63) is 34.3 Å². The molecule has 6 heteroatoms. The minimum Gasteiger partial charge on any atom is -0.292 e. The van der Waals surface area contributed by atoms with Gasteiger partial charge in [-0.25, -0.2) is 0 Å². The van der Waals surface area contributed by atoms with Crippen LogP contribution in [0.25, 0.3) is 0 Å². The van der Waals surface area contributed by atoms with Crippen molar-refractivity contribution in [3.8, 4) is 0 Å². The Labute approximate surface area is 99.9 Å². The summed E-state index contributed by atoms with van der Waals surface area (Å²) in [7, 11) is 0. The fraction of sp³-hybridized carbons (Fsp3) is 0.400. The van der Waals surface area contributed by atoms with Crippen LogP contribution in [-0.2, 0) is 4.84 Å². The van der Waals surface area contributed by atoms with Crippen molar-refractivity contribution in [3.63, 3.8) is 0 Å². The predicted molar refractivity (Wildman–Crippen MR) is 57.7 cm³/mol. The Balaban J connectivity index is 2.41. The maximum atomic E-state index is 11.8. The highest BCUT2D eigenvalue weighted by Crippen LogP contribution is 2.18. The minimum atomic E-state index is -4.31. The van der Waals surface area contributed by atoms with Gasteiger partial charge in [-0.05, 0) is 24.6 Å². The van der Waals surface area contributed by atoms with E-state index >= 15 is 0 Å². The molecule has 0 aliphatic rings. The maximum absolute atomic E-state index is 11.8. The Morgan fingerprint density at radius 2 is 1.88 bits per heavy atom. The van der Waals surface area contributed by atoms with Gasteiger partial charge in [-0.3, -0.25) is 4.84 Å². The quantitative estimate of drug-likeness (QED) is 0.858. The Morgan fingerprint density at radius 1 is 1.31 bits per heavy atom. The predicted octanol–water partition coefficient (Wildman–Crippen LogP) is 3.59. The number of halogens is 4. The number of rotatable bonds is 4. The monoisotopic (exact) mass is 297 g/mol. The highest BCUT2D eigenvalue weighted by molar-refractivity contribution is 9.10. The molecule has 0 aliphatic heterocycles. The first-order chi connectivity index (χ1) is 7.38. The largest absolute Gasteiger partial charge is 0.413 e. The minimum absolute atomic E-state index is 0.296. The molecular weight excluding hydrogens is 287 g/mol. The highest BCUT2D eigenvalue weighted by Gasteiger charge is 2.28. The van der Waals surface area contributed by atoms with Crippen molar-refractivity contribution in [1.29, 1.82) is 0 Å². The van der Waals surface area contributed by atoms with Crippen LogP contribution < -0.4 is 5.48 Å². The first-order valence-corrected chi connectivity index (χ1v) is 5.37. The lowest BCUT2D eigenvalue weighted by Crippen LogP contribution is -2.26. The van der Waals surface area contributed by atoms with E-state index in [1.807, 2.05) is 12.1 Å². The summed E-state index contributed by atoms with van der Waals surface area (Å²) in [6.45, 7) is 0.424. The second kappa shape index (κ2) is 5.65. The van der Waals surface area contributed by atoms with E-state index in [1.54, 1.807) is 19.1 Å². The Bertz CT molecular complexity index is 326. The van der Waals surface area contributed by atoms with Gasteiger partial charge in [0, 0.05) is 4.47 Å². The van der Waals surface area contributed by atoms with Crippen LogP contribution in [0.3, 0.4) is 0 Å². The van der Waals surface area contributed by atoms with Gasteiger partial charge in [0.25, 0.3) is 0 Å². The van der Waals surface area contributed by atoms with Crippen LogP contribution in [-0.4, -0.2) is 12.8 Å². The molecule has 0 bridgehead atoms. The number of hydrogen-bond donors (Lipinski definition) is 1. The zero-order valence-electron chi connectivity index (χ0n) is 8.51. The van der Waals surface area contributed by atoms with Gasteiger partial charge in [-0.2, -0.15) is 18.7 Å². The SMILES string of the molecule is CC(NOCC(F)(F)F)c1ccc(Br)cc1. The van der Waals surface area contributed by atoms with E-state index in [2.05, 4.69) is 26.2 Å². The molecule has 0 aliphatic carbocycles.